The third-order valence-electron chi connectivity index (χ3n) is 5.82. The molecule has 0 nitrogen and oxygen atoms in total. The Bertz CT molecular complexity index is 251. The molecule has 0 aromatic carbocycles. The van der Waals surface area contributed by atoms with E-state index < -0.39 is 0 Å². The highest BCUT2D eigenvalue weighted by Gasteiger charge is 2.50. The third kappa shape index (κ3) is 2.05. The van der Waals surface area contributed by atoms with Crippen molar-refractivity contribution >= 4 is 0 Å². The van der Waals surface area contributed by atoms with Gasteiger partial charge in [0.15, 0.2) is 0 Å². The first-order chi connectivity index (χ1) is 7.39. The lowest BCUT2D eigenvalue weighted by atomic mass is 9.49. The zero-order valence-electron chi connectivity index (χ0n) is 12.0. The van der Waals surface area contributed by atoms with Gasteiger partial charge in [-0.15, -0.1) is 0 Å². The summed E-state index contributed by atoms with van der Waals surface area (Å²) in [5.74, 6) is 2.89. The van der Waals surface area contributed by atoms with Crippen molar-refractivity contribution in [2.75, 3.05) is 0 Å². The smallest absolute Gasteiger partial charge is 0.0264 e. The van der Waals surface area contributed by atoms with Gasteiger partial charge in [-0.3, -0.25) is 0 Å². The zero-order chi connectivity index (χ0) is 12.0. The van der Waals surface area contributed by atoms with Gasteiger partial charge in [-0.1, -0.05) is 41.0 Å². The van der Waals surface area contributed by atoms with Crippen LogP contribution in [0.5, 0.6) is 0 Å². The Hall–Kier alpha value is 0. The first-order valence-corrected chi connectivity index (χ1v) is 7.39. The van der Waals surface area contributed by atoms with Crippen molar-refractivity contribution in [2.45, 2.75) is 73.1 Å². The quantitative estimate of drug-likeness (QED) is 0.596. The van der Waals surface area contributed by atoms with Crippen molar-refractivity contribution in [2.24, 2.45) is 28.6 Å². The molecular formula is C16H30. The summed E-state index contributed by atoms with van der Waals surface area (Å²) >= 11 is 0. The standard InChI is InChI=1S/C16H30/c1-6-15(5)9-14-7-13(4)8-16(10-14,11-15)12(2)3/h12-14H,6-11H2,1-5H3. The summed E-state index contributed by atoms with van der Waals surface area (Å²) in [4.78, 5) is 0. The lowest BCUT2D eigenvalue weighted by Crippen LogP contribution is -2.46. The highest BCUT2D eigenvalue weighted by atomic mass is 14.5. The van der Waals surface area contributed by atoms with Crippen molar-refractivity contribution in [3.05, 3.63) is 0 Å². The molecule has 0 spiro atoms. The lowest BCUT2D eigenvalue weighted by molar-refractivity contribution is -0.0592. The van der Waals surface area contributed by atoms with Gasteiger partial charge in [0, 0.05) is 0 Å². The maximum absolute atomic E-state index is 2.55. The SMILES string of the molecule is CCC1(C)CC2CC(C)CC(C(C)C)(C2)C1. The van der Waals surface area contributed by atoms with Gasteiger partial charge >= 0.3 is 0 Å². The van der Waals surface area contributed by atoms with Gasteiger partial charge in [0.05, 0.1) is 0 Å². The van der Waals surface area contributed by atoms with Crippen LogP contribution in [0.4, 0.5) is 0 Å². The predicted molar refractivity (Wildman–Crippen MR) is 71.4 cm³/mol. The minimum Gasteiger partial charge on any atom is -0.0649 e. The first kappa shape index (κ1) is 12.5. The van der Waals surface area contributed by atoms with E-state index in [0.717, 1.165) is 17.8 Å². The Balaban J connectivity index is 2.26. The van der Waals surface area contributed by atoms with E-state index in [0.29, 0.717) is 10.8 Å². The van der Waals surface area contributed by atoms with Gasteiger partial charge < -0.3 is 0 Å². The van der Waals surface area contributed by atoms with E-state index >= 15 is 0 Å². The Morgan fingerprint density at radius 3 is 2.44 bits per heavy atom. The van der Waals surface area contributed by atoms with Crippen LogP contribution < -0.4 is 0 Å². The van der Waals surface area contributed by atoms with Crippen molar-refractivity contribution < 1.29 is 0 Å². The molecule has 0 aromatic rings. The van der Waals surface area contributed by atoms with Crippen LogP contribution in [-0.2, 0) is 0 Å². The predicted octanol–water partition coefficient (Wildman–Crippen LogP) is 5.28. The van der Waals surface area contributed by atoms with E-state index in [4.69, 9.17) is 0 Å². The number of hydrogen-bond acceptors (Lipinski definition) is 0. The molecule has 2 aliphatic rings. The van der Waals surface area contributed by atoms with Gasteiger partial charge in [0.1, 0.15) is 0 Å². The average Bonchev–Trinajstić information content (AvgIpc) is 2.15. The number of rotatable bonds is 2. The fourth-order valence-corrected chi connectivity index (χ4v) is 4.95. The highest BCUT2D eigenvalue weighted by molar-refractivity contribution is 5.00. The second-order valence-corrected chi connectivity index (χ2v) is 7.68. The van der Waals surface area contributed by atoms with Gasteiger partial charge in [-0.05, 0) is 60.7 Å². The number of fused-ring (bicyclic) bond motifs is 2. The second-order valence-electron chi connectivity index (χ2n) is 7.68. The minimum atomic E-state index is 0.646. The van der Waals surface area contributed by atoms with Crippen molar-refractivity contribution in [3.8, 4) is 0 Å². The molecular weight excluding hydrogens is 192 g/mol. The van der Waals surface area contributed by atoms with Crippen LogP contribution in [0.15, 0.2) is 0 Å². The normalized spacial score (nSPS) is 48.4. The van der Waals surface area contributed by atoms with Gasteiger partial charge in [-0.2, -0.15) is 0 Å². The van der Waals surface area contributed by atoms with Crippen LogP contribution in [0.3, 0.4) is 0 Å². The molecule has 0 heterocycles. The molecule has 2 saturated carbocycles. The van der Waals surface area contributed by atoms with Crippen LogP contribution in [0, 0.1) is 28.6 Å². The summed E-state index contributed by atoms with van der Waals surface area (Å²) in [6.07, 6.45) is 8.91. The maximum Gasteiger partial charge on any atom is -0.0264 e. The molecule has 2 rings (SSSR count). The average molecular weight is 222 g/mol. The van der Waals surface area contributed by atoms with Gasteiger partial charge in [-0.25, -0.2) is 0 Å². The van der Waals surface area contributed by atoms with Crippen molar-refractivity contribution in [1.82, 2.24) is 0 Å². The fraction of sp³-hybridized carbons (Fsp3) is 1.00. The lowest BCUT2D eigenvalue weighted by Gasteiger charge is -2.56. The molecule has 16 heavy (non-hydrogen) atoms. The maximum atomic E-state index is 2.55. The van der Waals surface area contributed by atoms with Crippen LogP contribution >= 0.6 is 0 Å². The Morgan fingerprint density at radius 2 is 1.88 bits per heavy atom. The topological polar surface area (TPSA) is 0 Å². The van der Waals surface area contributed by atoms with Crippen LogP contribution in [0.1, 0.15) is 73.1 Å². The van der Waals surface area contributed by atoms with E-state index in [1.165, 1.54) is 38.5 Å². The highest BCUT2D eigenvalue weighted by Crippen LogP contribution is 2.60. The van der Waals surface area contributed by atoms with E-state index in [1.807, 2.05) is 0 Å². The van der Waals surface area contributed by atoms with Gasteiger partial charge in [0.25, 0.3) is 0 Å². The Labute approximate surface area is 102 Å². The molecule has 0 heteroatoms. The molecule has 0 N–H and O–H groups in total. The summed E-state index contributed by atoms with van der Waals surface area (Å²) in [5.41, 5.74) is 1.33. The van der Waals surface area contributed by atoms with E-state index in [9.17, 15) is 0 Å². The van der Waals surface area contributed by atoms with E-state index in [1.54, 1.807) is 0 Å². The largest absolute Gasteiger partial charge is 0.0649 e. The Morgan fingerprint density at radius 1 is 1.19 bits per heavy atom. The van der Waals surface area contributed by atoms with Crippen molar-refractivity contribution in [3.63, 3.8) is 0 Å². The minimum absolute atomic E-state index is 0.646. The second kappa shape index (κ2) is 4.03. The first-order valence-electron chi connectivity index (χ1n) is 7.39. The molecule has 0 aromatic heterocycles. The van der Waals surface area contributed by atoms with Gasteiger partial charge in [0.2, 0.25) is 0 Å². The summed E-state index contributed by atoms with van der Waals surface area (Å²) in [6, 6.07) is 0. The Kier molecular flexibility index (Phi) is 3.14. The third-order valence-corrected chi connectivity index (χ3v) is 5.82. The zero-order valence-corrected chi connectivity index (χ0v) is 12.0. The van der Waals surface area contributed by atoms with E-state index in [2.05, 4.69) is 34.6 Å². The monoisotopic (exact) mass is 222 g/mol. The fourth-order valence-electron chi connectivity index (χ4n) is 4.95. The summed E-state index contributed by atoms with van der Waals surface area (Å²) < 4.78 is 0. The molecule has 94 valence electrons. The van der Waals surface area contributed by atoms with Crippen molar-refractivity contribution in [1.29, 1.82) is 0 Å². The summed E-state index contributed by atoms with van der Waals surface area (Å²) in [7, 11) is 0. The molecule has 0 aliphatic heterocycles. The summed E-state index contributed by atoms with van der Waals surface area (Å²) in [6.45, 7) is 12.4. The molecule has 2 aliphatic carbocycles. The molecule has 2 fully saturated rings. The molecule has 4 atom stereocenters. The summed E-state index contributed by atoms with van der Waals surface area (Å²) in [5, 5.41) is 0. The molecule has 0 amide bonds. The number of hydrogen-bond donors (Lipinski definition) is 0. The molecule has 2 bridgehead atoms. The molecule has 4 unspecified atom stereocenters. The molecule has 0 saturated heterocycles. The van der Waals surface area contributed by atoms with Crippen LogP contribution in [-0.4, -0.2) is 0 Å². The van der Waals surface area contributed by atoms with E-state index in [-0.39, 0.29) is 0 Å². The van der Waals surface area contributed by atoms with Crippen LogP contribution in [0.2, 0.25) is 0 Å². The molecule has 0 radical (unpaired) electrons. The van der Waals surface area contributed by atoms with Crippen LogP contribution in [0.25, 0.3) is 0 Å².